The Bertz CT molecular complexity index is 1660. The van der Waals surface area contributed by atoms with Gasteiger partial charge in [-0.2, -0.15) is 0 Å². The Balaban J connectivity index is 1.50. The van der Waals surface area contributed by atoms with Crippen molar-refractivity contribution in [3.05, 3.63) is 71.0 Å². The monoisotopic (exact) mass is 627 g/mol. The zero-order valence-electron chi connectivity index (χ0n) is 22.4. The summed E-state index contributed by atoms with van der Waals surface area (Å²) in [6.45, 7) is 6.03. The minimum atomic E-state index is -0.722. The van der Waals surface area contributed by atoms with Crippen molar-refractivity contribution in [3.63, 3.8) is 0 Å². The number of hydrogen-bond acceptors (Lipinski definition) is 9. The first-order valence-electron chi connectivity index (χ1n) is 13.6. The molecule has 11 heteroatoms. The summed E-state index contributed by atoms with van der Waals surface area (Å²) in [5, 5.41) is 0. The molecule has 0 aliphatic carbocycles. The largest absolute Gasteiger partial charge is 0.463 e. The highest BCUT2D eigenvalue weighted by atomic mass is 79.9. The molecule has 0 N–H and O–H groups in total. The van der Waals surface area contributed by atoms with E-state index in [-0.39, 0.29) is 19.0 Å². The molecular weight excluding hydrogens is 598 g/mol. The van der Waals surface area contributed by atoms with Crippen LogP contribution >= 0.6 is 27.3 Å². The normalized spacial score (nSPS) is 18.6. The molecular formula is C29H30BrN3O6S. The second-order valence-electron chi connectivity index (χ2n) is 9.88. The molecule has 0 bridgehead atoms. The molecule has 5 heterocycles. The predicted molar refractivity (Wildman–Crippen MR) is 155 cm³/mol. The standard InChI is InChI=1S/C29H30BrN3O6S/c1-3-8-20-24(28(35)36-4-2)25(17-9-10-21-22(13-17)38-16-37-21)33-26(34)23(40-29(33)31-20)15-18-14-19(30)27(39-18)32-11-6-5-7-12-32/h9-10,13-15,25H,3-8,11-12,16H2,1-2H3/b23-15+/t25-/m0/s1. The topological polar surface area (TPSA) is 95.5 Å². The molecule has 1 saturated heterocycles. The molecule has 0 spiro atoms. The first-order valence-corrected chi connectivity index (χ1v) is 15.2. The van der Waals surface area contributed by atoms with E-state index in [0.717, 1.165) is 48.3 Å². The van der Waals surface area contributed by atoms with Gasteiger partial charge in [0, 0.05) is 25.2 Å². The number of carbonyl (C=O) groups excluding carboxylic acids is 1. The van der Waals surface area contributed by atoms with E-state index in [2.05, 4.69) is 20.8 Å². The number of rotatable bonds is 7. The Hall–Kier alpha value is -3.31. The molecule has 2 aromatic heterocycles. The van der Waals surface area contributed by atoms with Crippen LogP contribution in [0.25, 0.3) is 6.08 Å². The smallest absolute Gasteiger partial charge is 0.338 e. The van der Waals surface area contributed by atoms with E-state index in [4.69, 9.17) is 23.6 Å². The van der Waals surface area contributed by atoms with Crippen LogP contribution in [0.15, 0.2) is 54.2 Å². The molecule has 0 saturated carbocycles. The van der Waals surface area contributed by atoms with Gasteiger partial charge in [-0.25, -0.2) is 9.79 Å². The number of esters is 1. The zero-order chi connectivity index (χ0) is 27.8. The lowest BCUT2D eigenvalue weighted by atomic mass is 9.94. The average molecular weight is 629 g/mol. The number of nitrogens with zero attached hydrogens (tertiary/aromatic N) is 3. The van der Waals surface area contributed by atoms with Crippen molar-refractivity contribution in [2.24, 2.45) is 4.99 Å². The number of anilines is 1. The van der Waals surface area contributed by atoms with Crippen LogP contribution in [0.2, 0.25) is 0 Å². The van der Waals surface area contributed by atoms with E-state index < -0.39 is 12.0 Å². The van der Waals surface area contributed by atoms with E-state index in [1.54, 1.807) is 23.6 Å². The lowest BCUT2D eigenvalue weighted by Gasteiger charge is -2.26. The van der Waals surface area contributed by atoms with Gasteiger partial charge >= 0.3 is 5.97 Å². The Labute approximate surface area is 243 Å². The number of ether oxygens (including phenoxy) is 3. The van der Waals surface area contributed by atoms with Crippen LogP contribution in [-0.2, 0) is 9.53 Å². The maximum Gasteiger partial charge on any atom is 0.338 e. The predicted octanol–water partition coefficient (Wildman–Crippen LogP) is 4.65. The summed E-state index contributed by atoms with van der Waals surface area (Å²) in [6.07, 6.45) is 6.59. The van der Waals surface area contributed by atoms with E-state index in [0.29, 0.717) is 44.3 Å². The van der Waals surface area contributed by atoms with Gasteiger partial charge < -0.3 is 23.5 Å². The van der Waals surface area contributed by atoms with E-state index >= 15 is 0 Å². The highest BCUT2D eigenvalue weighted by Gasteiger charge is 2.35. The summed E-state index contributed by atoms with van der Waals surface area (Å²) in [5.74, 6) is 2.08. The SMILES string of the molecule is CCCC1=C(C(=O)OCC)[C@H](c2ccc3c(c2)OCO3)n2c(s/c(=C/c3cc(Br)c(N4CCCCC4)o3)c2=O)=N1. The third kappa shape index (κ3) is 4.89. The first-order chi connectivity index (χ1) is 19.5. The van der Waals surface area contributed by atoms with Crippen LogP contribution in [0.1, 0.15) is 63.3 Å². The summed E-state index contributed by atoms with van der Waals surface area (Å²) in [7, 11) is 0. The number of aromatic nitrogens is 1. The molecule has 210 valence electrons. The number of hydrogen-bond donors (Lipinski definition) is 0. The van der Waals surface area contributed by atoms with Gasteiger partial charge in [0.1, 0.15) is 5.76 Å². The first kappa shape index (κ1) is 26.9. The number of fused-ring (bicyclic) bond motifs is 2. The fourth-order valence-corrected chi connectivity index (χ4v) is 6.97. The number of benzene rings is 1. The van der Waals surface area contributed by atoms with Crippen LogP contribution in [0.3, 0.4) is 0 Å². The number of halogens is 1. The lowest BCUT2D eigenvalue weighted by Crippen LogP contribution is -2.40. The second-order valence-corrected chi connectivity index (χ2v) is 11.7. The fraction of sp³-hybridized carbons (Fsp3) is 0.414. The quantitative estimate of drug-likeness (QED) is 0.352. The van der Waals surface area contributed by atoms with Crippen LogP contribution in [-0.4, -0.2) is 37.0 Å². The van der Waals surface area contributed by atoms with E-state index in [9.17, 15) is 9.59 Å². The second kappa shape index (κ2) is 11.3. The molecule has 0 radical (unpaired) electrons. The van der Waals surface area contributed by atoms with Crippen molar-refractivity contribution < 1.29 is 23.4 Å². The maximum absolute atomic E-state index is 14.0. The number of allylic oxidation sites excluding steroid dienone is 1. The van der Waals surface area contributed by atoms with E-state index in [1.165, 1.54) is 17.8 Å². The minimum absolute atomic E-state index is 0.126. The van der Waals surface area contributed by atoms with Gasteiger partial charge in [0.2, 0.25) is 12.7 Å². The summed E-state index contributed by atoms with van der Waals surface area (Å²) < 4.78 is 25.7. The van der Waals surface area contributed by atoms with Gasteiger partial charge in [0.25, 0.3) is 5.56 Å². The van der Waals surface area contributed by atoms with Gasteiger partial charge in [0.05, 0.1) is 32.9 Å². The van der Waals surface area contributed by atoms with Gasteiger partial charge in [0.15, 0.2) is 16.3 Å². The zero-order valence-corrected chi connectivity index (χ0v) is 24.8. The molecule has 0 unspecified atom stereocenters. The van der Waals surface area contributed by atoms with Crippen molar-refractivity contribution in [2.75, 3.05) is 31.4 Å². The van der Waals surface area contributed by atoms with Crippen molar-refractivity contribution in [3.8, 4) is 11.5 Å². The summed E-state index contributed by atoms with van der Waals surface area (Å²) in [6, 6.07) is 6.66. The van der Waals surface area contributed by atoms with Crippen molar-refractivity contribution in [1.82, 2.24) is 4.57 Å². The molecule has 3 aliphatic heterocycles. The Kier molecular flexibility index (Phi) is 7.59. The fourth-order valence-electron chi connectivity index (χ4n) is 5.41. The highest BCUT2D eigenvalue weighted by Crippen LogP contribution is 2.39. The van der Waals surface area contributed by atoms with Crippen LogP contribution < -0.4 is 29.3 Å². The van der Waals surface area contributed by atoms with Gasteiger partial charge in [-0.05, 0) is 66.2 Å². The Morgan fingerprint density at radius 1 is 1.18 bits per heavy atom. The maximum atomic E-state index is 14.0. The molecule has 1 atom stereocenters. The highest BCUT2D eigenvalue weighted by molar-refractivity contribution is 9.10. The minimum Gasteiger partial charge on any atom is -0.463 e. The number of carbonyl (C=O) groups is 1. The molecule has 0 amide bonds. The number of piperidine rings is 1. The molecule has 6 rings (SSSR count). The van der Waals surface area contributed by atoms with Crippen molar-refractivity contribution in [1.29, 1.82) is 0 Å². The van der Waals surface area contributed by atoms with Crippen molar-refractivity contribution in [2.45, 2.75) is 52.0 Å². The average Bonchev–Trinajstić information content (AvgIpc) is 3.65. The molecule has 40 heavy (non-hydrogen) atoms. The van der Waals surface area contributed by atoms with Gasteiger partial charge in [-0.3, -0.25) is 9.36 Å². The number of thiazole rings is 1. The Morgan fingerprint density at radius 2 is 1.98 bits per heavy atom. The molecule has 3 aliphatic rings. The van der Waals surface area contributed by atoms with Crippen molar-refractivity contribution >= 4 is 45.2 Å². The summed E-state index contributed by atoms with van der Waals surface area (Å²) in [4.78, 5) is 35.0. The van der Waals surface area contributed by atoms with E-state index in [1.807, 2.05) is 25.1 Å². The third-order valence-corrected chi connectivity index (χ3v) is 8.76. The van der Waals surface area contributed by atoms with Crippen LogP contribution in [0.4, 0.5) is 5.88 Å². The summed E-state index contributed by atoms with van der Waals surface area (Å²) in [5.41, 5.74) is 1.46. The molecule has 3 aromatic rings. The molecule has 1 aromatic carbocycles. The van der Waals surface area contributed by atoms with Crippen LogP contribution in [0.5, 0.6) is 11.5 Å². The molecule has 1 fully saturated rings. The molecule has 9 nitrogen and oxygen atoms in total. The number of furan rings is 1. The van der Waals surface area contributed by atoms with Crippen LogP contribution in [0, 0.1) is 0 Å². The van der Waals surface area contributed by atoms with Gasteiger partial charge in [-0.1, -0.05) is 30.7 Å². The summed E-state index contributed by atoms with van der Waals surface area (Å²) >= 11 is 4.92. The Morgan fingerprint density at radius 3 is 2.75 bits per heavy atom. The van der Waals surface area contributed by atoms with Gasteiger partial charge in [-0.15, -0.1) is 0 Å². The third-order valence-electron chi connectivity index (χ3n) is 7.21. The lowest BCUT2D eigenvalue weighted by molar-refractivity contribution is -0.139.